The monoisotopic (exact) mass is 444 g/mol. The number of hydrogen-bond acceptors (Lipinski definition) is 8. The third kappa shape index (κ3) is 5.58. The number of nitrogens with zero attached hydrogens (tertiary/aromatic N) is 1. The van der Waals surface area contributed by atoms with Crippen LogP contribution in [0.5, 0.6) is 11.5 Å². The summed E-state index contributed by atoms with van der Waals surface area (Å²) in [6.45, 7) is 3.55. The molecule has 1 fully saturated rings. The van der Waals surface area contributed by atoms with Crippen molar-refractivity contribution in [2.24, 2.45) is 5.41 Å². The summed E-state index contributed by atoms with van der Waals surface area (Å²) in [6.07, 6.45) is -0.792. The van der Waals surface area contributed by atoms with Crippen LogP contribution in [0.25, 0.3) is 0 Å². The smallest absolute Gasteiger partial charge is 0.303 e. The van der Waals surface area contributed by atoms with Crippen LogP contribution >= 0.6 is 0 Å². The van der Waals surface area contributed by atoms with Gasteiger partial charge in [-0.25, -0.2) is 0 Å². The molecule has 0 bridgehead atoms. The normalized spacial score (nSPS) is 23.5. The summed E-state index contributed by atoms with van der Waals surface area (Å²) < 4.78 is 22.4. The van der Waals surface area contributed by atoms with Crippen LogP contribution < -0.4 is 9.47 Å². The van der Waals surface area contributed by atoms with E-state index in [0.717, 1.165) is 11.1 Å². The number of carbonyl (C=O) groups excluding carboxylic acids is 1. The van der Waals surface area contributed by atoms with E-state index in [9.17, 15) is 10.0 Å². The maximum atomic E-state index is 12.5. The standard InChI is InChI=1S/C24H30NO7/c1-5-24(14-19-11-12-20(28-3)21(13-19)29-4)16-25(27)32-23(22(24)31-17(2)26)30-15-18-9-7-6-8-10-18/h6-13,22-23H,5,14-16H2,1-4H3/q-1. The minimum Gasteiger partial charge on any atom is -0.762 e. The second kappa shape index (κ2) is 10.8. The summed E-state index contributed by atoms with van der Waals surface area (Å²) in [5.74, 6) is 0.736. The number of ether oxygens (including phenoxy) is 4. The fourth-order valence-corrected chi connectivity index (χ4v) is 4.07. The summed E-state index contributed by atoms with van der Waals surface area (Å²) in [5.41, 5.74) is 1.11. The molecule has 2 aromatic carbocycles. The number of rotatable bonds is 9. The van der Waals surface area contributed by atoms with Crippen molar-refractivity contribution in [1.29, 1.82) is 0 Å². The minimum atomic E-state index is -1.04. The van der Waals surface area contributed by atoms with E-state index in [4.69, 9.17) is 23.8 Å². The Morgan fingerprint density at radius 3 is 2.47 bits per heavy atom. The van der Waals surface area contributed by atoms with Gasteiger partial charge in [0.05, 0.1) is 20.8 Å². The molecule has 1 heterocycles. The zero-order valence-electron chi connectivity index (χ0n) is 18.9. The highest BCUT2D eigenvalue weighted by Gasteiger charge is 2.49. The molecule has 0 radical (unpaired) electrons. The molecule has 174 valence electrons. The van der Waals surface area contributed by atoms with Crippen molar-refractivity contribution in [3.63, 3.8) is 0 Å². The van der Waals surface area contributed by atoms with Crippen LogP contribution in [0.1, 0.15) is 31.4 Å². The van der Waals surface area contributed by atoms with Gasteiger partial charge in [-0.3, -0.25) is 14.9 Å². The molecule has 0 aliphatic carbocycles. The first-order valence-corrected chi connectivity index (χ1v) is 10.6. The summed E-state index contributed by atoms with van der Waals surface area (Å²) in [4.78, 5) is 17.4. The van der Waals surface area contributed by atoms with Crippen LogP contribution in [0.2, 0.25) is 0 Å². The summed E-state index contributed by atoms with van der Waals surface area (Å²) in [7, 11) is 3.14. The lowest BCUT2D eigenvalue weighted by atomic mass is 9.73. The molecule has 0 spiro atoms. The zero-order valence-corrected chi connectivity index (χ0v) is 18.9. The van der Waals surface area contributed by atoms with Crippen LogP contribution in [0.3, 0.4) is 0 Å². The predicted molar refractivity (Wildman–Crippen MR) is 118 cm³/mol. The molecule has 1 saturated heterocycles. The number of esters is 1. The highest BCUT2D eigenvalue weighted by molar-refractivity contribution is 5.66. The largest absolute Gasteiger partial charge is 0.762 e. The summed E-state index contributed by atoms with van der Waals surface area (Å²) in [5, 5.41) is 13.1. The molecule has 3 atom stereocenters. The van der Waals surface area contributed by atoms with Crippen molar-refractivity contribution in [1.82, 2.24) is 5.23 Å². The number of benzene rings is 2. The van der Waals surface area contributed by atoms with Gasteiger partial charge in [-0.1, -0.05) is 43.3 Å². The Kier molecular flexibility index (Phi) is 8.09. The quantitative estimate of drug-likeness (QED) is 0.539. The molecule has 3 rings (SSSR count). The molecule has 32 heavy (non-hydrogen) atoms. The van der Waals surface area contributed by atoms with E-state index in [1.807, 2.05) is 55.5 Å². The Morgan fingerprint density at radius 2 is 1.84 bits per heavy atom. The fourth-order valence-electron chi connectivity index (χ4n) is 4.07. The highest BCUT2D eigenvalue weighted by Crippen LogP contribution is 2.42. The van der Waals surface area contributed by atoms with Gasteiger partial charge in [-0.2, -0.15) is 0 Å². The van der Waals surface area contributed by atoms with Gasteiger partial charge in [-0.15, -0.1) is 0 Å². The van der Waals surface area contributed by atoms with E-state index in [2.05, 4.69) is 0 Å². The fraction of sp³-hybridized carbons (Fsp3) is 0.458. The Bertz CT molecular complexity index is 891. The van der Waals surface area contributed by atoms with E-state index < -0.39 is 23.8 Å². The Labute approximate surface area is 188 Å². The van der Waals surface area contributed by atoms with Crippen LogP contribution in [0.4, 0.5) is 0 Å². The SMILES string of the molecule is CCC1(Cc2ccc(OC)c(OC)c2)CN([O-])OC(OCc2ccccc2)C1OC(C)=O. The predicted octanol–water partition coefficient (Wildman–Crippen LogP) is 3.86. The molecule has 1 aliphatic heterocycles. The highest BCUT2D eigenvalue weighted by atomic mass is 16.9. The maximum absolute atomic E-state index is 12.5. The van der Waals surface area contributed by atoms with Crippen LogP contribution in [-0.2, 0) is 32.1 Å². The van der Waals surface area contributed by atoms with Crippen molar-refractivity contribution >= 4 is 5.97 Å². The maximum Gasteiger partial charge on any atom is 0.303 e. The van der Waals surface area contributed by atoms with E-state index >= 15 is 0 Å². The van der Waals surface area contributed by atoms with E-state index in [-0.39, 0.29) is 13.2 Å². The van der Waals surface area contributed by atoms with Gasteiger partial charge in [0.15, 0.2) is 17.6 Å². The molecule has 8 heteroatoms. The zero-order chi connectivity index (χ0) is 23.1. The average molecular weight is 445 g/mol. The van der Waals surface area contributed by atoms with Crippen molar-refractivity contribution in [3.8, 4) is 11.5 Å². The third-order valence-corrected chi connectivity index (χ3v) is 5.77. The Hall–Kier alpha value is -2.65. The lowest BCUT2D eigenvalue weighted by molar-refractivity contribution is -0.350. The van der Waals surface area contributed by atoms with Crippen LogP contribution in [0, 0.1) is 10.6 Å². The second-order valence-corrected chi connectivity index (χ2v) is 7.87. The first-order chi connectivity index (χ1) is 15.4. The molecular formula is C24H30NO7-. The van der Waals surface area contributed by atoms with Gasteiger partial charge in [-0.05, 0) is 36.1 Å². The molecule has 8 nitrogen and oxygen atoms in total. The first kappa shape index (κ1) is 24.0. The summed E-state index contributed by atoms with van der Waals surface area (Å²) in [6, 6.07) is 15.1. The molecule has 0 aromatic heterocycles. The van der Waals surface area contributed by atoms with E-state index in [1.54, 1.807) is 14.2 Å². The van der Waals surface area contributed by atoms with Crippen molar-refractivity contribution in [3.05, 3.63) is 64.9 Å². The number of hydroxylamine groups is 2. The average Bonchev–Trinajstić information content (AvgIpc) is 2.79. The van der Waals surface area contributed by atoms with Crippen LogP contribution in [0.15, 0.2) is 48.5 Å². The van der Waals surface area contributed by atoms with E-state index in [1.165, 1.54) is 6.92 Å². The van der Waals surface area contributed by atoms with Gasteiger partial charge < -0.3 is 24.2 Å². The van der Waals surface area contributed by atoms with Gasteiger partial charge >= 0.3 is 5.97 Å². The third-order valence-electron chi connectivity index (χ3n) is 5.77. The van der Waals surface area contributed by atoms with Gasteiger partial charge in [0, 0.05) is 18.9 Å². The molecule has 0 saturated carbocycles. The molecule has 2 aromatic rings. The molecule has 0 N–H and O–H groups in total. The Morgan fingerprint density at radius 1 is 1.12 bits per heavy atom. The first-order valence-electron chi connectivity index (χ1n) is 10.6. The minimum absolute atomic E-state index is 0.0288. The molecule has 1 aliphatic rings. The number of methoxy groups -OCH3 is 2. The molecule has 3 unspecified atom stereocenters. The number of carbonyl (C=O) groups is 1. The molecular weight excluding hydrogens is 414 g/mol. The van der Waals surface area contributed by atoms with Gasteiger partial charge in [0.2, 0.25) is 6.29 Å². The lowest BCUT2D eigenvalue weighted by Crippen LogP contribution is -2.59. The van der Waals surface area contributed by atoms with Gasteiger partial charge in [0.1, 0.15) is 0 Å². The van der Waals surface area contributed by atoms with Crippen molar-refractivity contribution < 1.29 is 28.6 Å². The second-order valence-electron chi connectivity index (χ2n) is 7.87. The summed E-state index contributed by atoms with van der Waals surface area (Å²) >= 11 is 0. The van der Waals surface area contributed by atoms with Crippen molar-refractivity contribution in [2.45, 2.75) is 45.7 Å². The van der Waals surface area contributed by atoms with Crippen molar-refractivity contribution in [2.75, 3.05) is 20.8 Å². The molecule has 0 amide bonds. The lowest BCUT2D eigenvalue weighted by Gasteiger charge is -2.52. The topological polar surface area (TPSA) is 89.5 Å². The van der Waals surface area contributed by atoms with E-state index in [0.29, 0.717) is 29.6 Å². The Balaban J connectivity index is 1.90. The van der Waals surface area contributed by atoms with Crippen LogP contribution in [-0.4, -0.2) is 44.4 Å². The number of hydrogen-bond donors (Lipinski definition) is 0. The van der Waals surface area contributed by atoms with Gasteiger partial charge in [0.25, 0.3) is 0 Å².